The first-order valence-corrected chi connectivity index (χ1v) is 8.04. The van der Waals surface area contributed by atoms with Gasteiger partial charge in [-0.25, -0.2) is 4.98 Å². The molecule has 0 bridgehead atoms. The van der Waals surface area contributed by atoms with Gasteiger partial charge in [0.1, 0.15) is 10.7 Å². The molecule has 0 aromatic carbocycles. The molecule has 1 aliphatic rings. The number of halogens is 2. The van der Waals surface area contributed by atoms with Crippen molar-refractivity contribution in [1.82, 2.24) is 9.97 Å². The Morgan fingerprint density at radius 2 is 2.22 bits per heavy atom. The van der Waals surface area contributed by atoms with E-state index in [0.717, 1.165) is 49.5 Å². The van der Waals surface area contributed by atoms with Crippen LogP contribution in [-0.4, -0.2) is 15.1 Å². The van der Waals surface area contributed by atoms with Crippen LogP contribution in [0.4, 0.5) is 0 Å². The number of pyridine rings is 1. The Morgan fingerprint density at radius 1 is 1.39 bits per heavy atom. The first-order valence-electron chi connectivity index (χ1n) is 5.64. The number of nitrogens with zero attached hydrogens (tertiary/aromatic N) is 2. The highest BCUT2D eigenvalue weighted by molar-refractivity contribution is 9.11. The van der Waals surface area contributed by atoms with Crippen molar-refractivity contribution in [3.05, 3.63) is 31.8 Å². The first-order chi connectivity index (χ1) is 8.65. The van der Waals surface area contributed by atoms with Gasteiger partial charge >= 0.3 is 0 Å². The number of hydrogen-bond acceptors (Lipinski definition) is 4. The van der Waals surface area contributed by atoms with Gasteiger partial charge in [-0.3, -0.25) is 4.98 Å². The molecule has 0 saturated heterocycles. The number of aliphatic hydroxyl groups is 1. The maximum atomic E-state index is 9.97. The highest BCUT2D eigenvalue weighted by atomic mass is 79.9. The van der Waals surface area contributed by atoms with Gasteiger partial charge in [0, 0.05) is 15.1 Å². The van der Waals surface area contributed by atoms with Crippen LogP contribution in [0.1, 0.15) is 29.5 Å². The average Bonchev–Trinajstić information content (AvgIpc) is 2.74. The summed E-state index contributed by atoms with van der Waals surface area (Å²) in [5.74, 6) is 0. The van der Waals surface area contributed by atoms with Crippen molar-refractivity contribution in [2.75, 3.05) is 0 Å². The lowest BCUT2D eigenvalue weighted by atomic mass is 10.0. The zero-order valence-electron chi connectivity index (χ0n) is 9.36. The first kappa shape index (κ1) is 12.7. The van der Waals surface area contributed by atoms with Gasteiger partial charge in [-0.1, -0.05) is 0 Å². The Hall–Kier alpha value is -0.300. The summed E-state index contributed by atoms with van der Waals surface area (Å²) in [6.45, 7) is 0. The minimum Gasteiger partial charge on any atom is -0.388 e. The van der Waals surface area contributed by atoms with Crippen LogP contribution in [0.3, 0.4) is 0 Å². The van der Waals surface area contributed by atoms with Crippen LogP contribution in [0.25, 0.3) is 10.7 Å². The minimum absolute atomic E-state index is 0.353. The van der Waals surface area contributed by atoms with Crippen molar-refractivity contribution in [2.24, 2.45) is 0 Å². The van der Waals surface area contributed by atoms with Crippen LogP contribution in [0.2, 0.25) is 0 Å². The van der Waals surface area contributed by atoms with Gasteiger partial charge in [0.15, 0.2) is 0 Å². The second-order valence-corrected chi connectivity index (χ2v) is 7.02. The van der Waals surface area contributed by atoms with Crippen molar-refractivity contribution in [3.8, 4) is 10.7 Å². The fourth-order valence-corrected chi connectivity index (χ4v) is 4.52. The van der Waals surface area contributed by atoms with Gasteiger partial charge in [0.2, 0.25) is 0 Å². The van der Waals surface area contributed by atoms with Crippen LogP contribution < -0.4 is 0 Å². The largest absolute Gasteiger partial charge is 0.388 e. The molecule has 94 valence electrons. The highest BCUT2D eigenvalue weighted by Gasteiger charge is 2.24. The summed E-state index contributed by atoms with van der Waals surface area (Å²) < 4.78 is 1.84. The zero-order valence-corrected chi connectivity index (χ0v) is 13.3. The zero-order chi connectivity index (χ0) is 12.7. The number of thiazole rings is 1. The summed E-state index contributed by atoms with van der Waals surface area (Å²) in [7, 11) is 0. The second-order valence-electron chi connectivity index (χ2n) is 4.22. The summed E-state index contributed by atoms with van der Waals surface area (Å²) in [6, 6.07) is 1.96. The summed E-state index contributed by atoms with van der Waals surface area (Å²) >= 11 is 8.44. The Bertz CT molecular complexity index is 600. The molecule has 0 fully saturated rings. The minimum atomic E-state index is -0.353. The molecule has 0 aliphatic heterocycles. The fraction of sp³-hybridized carbons (Fsp3) is 0.333. The monoisotopic (exact) mass is 388 g/mol. The maximum Gasteiger partial charge on any atom is 0.143 e. The summed E-state index contributed by atoms with van der Waals surface area (Å²) in [5, 5.41) is 10.8. The van der Waals surface area contributed by atoms with Gasteiger partial charge in [-0.2, -0.15) is 0 Å². The summed E-state index contributed by atoms with van der Waals surface area (Å²) in [5.41, 5.74) is 1.87. The molecule has 1 atom stereocenters. The van der Waals surface area contributed by atoms with Gasteiger partial charge < -0.3 is 5.11 Å². The molecule has 2 aromatic heterocycles. The van der Waals surface area contributed by atoms with E-state index in [9.17, 15) is 5.11 Å². The van der Waals surface area contributed by atoms with Crippen LogP contribution in [-0.2, 0) is 6.42 Å². The molecule has 2 aromatic rings. The molecular formula is C12H10Br2N2OS. The molecule has 0 radical (unpaired) electrons. The molecule has 6 heteroatoms. The van der Waals surface area contributed by atoms with E-state index < -0.39 is 0 Å². The third-order valence-electron chi connectivity index (χ3n) is 2.93. The van der Waals surface area contributed by atoms with E-state index in [0.29, 0.717) is 0 Å². The van der Waals surface area contributed by atoms with E-state index in [2.05, 4.69) is 41.8 Å². The summed E-state index contributed by atoms with van der Waals surface area (Å²) in [6.07, 6.45) is 4.21. The third kappa shape index (κ3) is 2.27. The van der Waals surface area contributed by atoms with Crippen molar-refractivity contribution in [1.29, 1.82) is 0 Å². The van der Waals surface area contributed by atoms with Crippen LogP contribution in [0, 0.1) is 0 Å². The predicted molar refractivity (Wildman–Crippen MR) is 78.6 cm³/mol. The smallest absolute Gasteiger partial charge is 0.143 e. The summed E-state index contributed by atoms with van der Waals surface area (Å²) in [4.78, 5) is 10.0. The molecule has 1 aliphatic carbocycles. The Kier molecular flexibility index (Phi) is 3.53. The number of fused-ring (bicyclic) bond motifs is 1. The van der Waals surface area contributed by atoms with Gasteiger partial charge in [-0.05, 0) is 57.2 Å². The van der Waals surface area contributed by atoms with Gasteiger partial charge in [0.25, 0.3) is 0 Å². The third-order valence-corrected chi connectivity index (χ3v) is 5.18. The number of aryl methyl sites for hydroxylation is 1. The van der Waals surface area contributed by atoms with Crippen molar-refractivity contribution < 1.29 is 5.11 Å². The molecule has 18 heavy (non-hydrogen) atoms. The van der Waals surface area contributed by atoms with Crippen molar-refractivity contribution in [3.63, 3.8) is 0 Å². The fourth-order valence-electron chi connectivity index (χ4n) is 2.07. The van der Waals surface area contributed by atoms with E-state index in [1.807, 2.05) is 6.07 Å². The average molecular weight is 390 g/mol. The lowest BCUT2D eigenvalue weighted by Gasteiger charge is -2.14. The van der Waals surface area contributed by atoms with Crippen LogP contribution in [0.5, 0.6) is 0 Å². The van der Waals surface area contributed by atoms with Crippen molar-refractivity contribution >= 4 is 43.2 Å². The van der Waals surface area contributed by atoms with Crippen LogP contribution in [0.15, 0.2) is 21.2 Å². The SMILES string of the molecule is OC1CCCc2nc(-c3ncc(Br)cc3Br)sc21. The van der Waals surface area contributed by atoms with Gasteiger partial charge in [0.05, 0.1) is 16.7 Å². The van der Waals surface area contributed by atoms with E-state index in [1.165, 1.54) is 0 Å². The van der Waals surface area contributed by atoms with E-state index in [4.69, 9.17) is 0 Å². The molecule has 1 N–H and O–H groups in total. The van der Waals surface area contributed by atoms with E-state index in [-0.39, 0.29) is 6.10 Å². The molecule has 3 rings (SSSR count). The topological polar surface area (TPSA) is 46.0 Å². The number of aromatic nitrogens is 2. The van der Waals surface area contributed by atoms with Crippen LogP contribution >= 0.6 is 43.2 Å². The second kappa shape index (κ2) is 5.00. The molecule has 0 saturated carbocycles. The van der Waals surface area contributed by atoms with Crippen molar-refractivity contribution in [2.45, 2.75) is 25.4 Å². The molecular weight excluding hydrogens is 380 g/mol. The standard InChI is InChI=1S/C12H10Br2N2OS/c13-6-4-7(14)10(15-5-6)12-16-8-2-1-3-9(17)11(8)18-12/h4-5,9,17H,1-3H2. The maximum absolute atomic E-state index is 9.97. The predicted octanol–water partition coefficient (Wildman–Crippen LogP) is 4.10. The Balaban J connectivity index is 2.07. The van der Waals surface area contributed by atoms with E-state index >= 15 is 0 Å². The lowest BCUT2D eigenvalue weighted by molar-refractivity contribution is 0.160. The Morgan fingerprint density at radius 3 is 2.94 bits per heavy atom. The normalized spacial score (nSPS) is 18.7. The molecule has 2 heterocycles. The highest BCUT2D eigenvalue weighted by Crippen LogP contribution is 2.39. The number of hydrogen-bond donors (Lipinski definition) is 1. The lowest BCUT2D eigenvalue weighted by Crippen LogP contribution is -2.06. The molecule has 1 unspecified atom stereocenters. The molecule has 3 nitrogen and oxygen atoms in total. The number of rotatable bonds is 1. The Labute approximate surface area is 126 Å². The number of aliphatic hydroxyl groups excluding tert-OH is 1. The quantitative estimate of drug-likeness (QED) is 0.798. The van der Waals surface area contributed by atoms with Gasteiger partial charge in [-0.15, -0.1) is 11.3 Å². The molecule has 0 spiro atoms. The van der Waals surface area contributed by atoms with E-state index in [1.54, 1.807) is 17.5 Å². The molecule has 0 amide bonds.